The van der Waals surface area contributed by atoms with Crippen LogP contribution in [0, 0.1) is 5.82 Å². The number of anilines is 1. The SMILES string of the molecule is CCC(C)(C)NC(=O)[C@@H](c1ccc(F)cc1)N(C(=O)Cn1nnc2ccccc21)c1cccc(C(C)=O)c1. The van der Waals surface area contributed by atoms with Crippen molar-refractivity contribution in [2.24, 2.45) is 0 Å². The van der Waals surface area contributed by atoms with Gasteiger partial charge in [-0.1, -0.05) is 48.5 Å². The number of hydrogen-bond donors (Lipinski definition) is 1. The molecule has 0 saturated heterocycles. The lowest BCUT2D eigenvalue weighted by atomic mass is 9.98. The Hall–Kier alpha value is -4.40. The fourth-order valence-electron chi connectivity index (χ4n) is 4.10. The van der Waals surface area contributed by atoms with Crippen molar-refractivity contribution in [2.75, 3.05) is 4.90 Å². The molecule has 38 heavy (non-hydrogen) atoms. The van der Waals surface area contributed by atoms with Crippen LogP contribution in [-0.2, 0) is 16.1 Å². The number of aromatic nitrogens is 3. The van der Waals surface area contributed by atoms with Crippen LogP contribution in [0.5, 0.6) is 0 Å². The molecule has 0 radical (unpaired) electrons. The van der Waals surface area contributed by atoms with Crippen LogP contribution in [0.1, 0.15) is 56.1 Å². The normalized spacial score (nSPS) is 12.2. The summed E-state index contributed by atoms with van der Waals surface area (Å²) in [4.78, 5) is 41.4. The minimum absolute atomic E-state index is 0.184. The molecule has 1 heterocycles. The summed E-state index contributed by atoms with van der Waals surface area (Å²) in [5.41, 5.74) is 1.88. The maximum atomic E-state index is 14.1. The summed E-state index contributed by atoms with van der Waals surface area (Å²) in [7, 11) is 0. The molecule has 8 nitrogen and oxygen atoms in total. The molecule has 0 saturated carbocycles. The zero-order valence-electron chi connectivity index (χ0n) is 21.8. The van der Waals surface area contributed by atoms with Gasteiger partial charge in [0.05, 0.1) is 5.52 Å². The first-order chi connectivity index (χ1) is 18.1. The maximum absolute atomic E-state index is 14.1. The molecule has 3 aromatic carbocycles. The van der Waals surface area contributed by atoms with Crippen LogP contribution in [0.25, 0.3) is 11.0 Å². The highest BCUT2D eigenvalue weighted by molar-refractivity contribution is 6.03. The van der Waals surface area contributed by atoms with Gasteiger partial charge in [0.25, 0.3) is 0 Å². The first-order valence-electron chi connectivity index (χ1n) is 12.4. The zero-order valence-corrected chi connectivity index (χ0v) is 21.8. The lowest BCUT2D eigenvalue weighted by Gasteiger charge is -2.34. The van der Waals surface area contributed by atoms with E-state index in [4.69, 9.17) is 0 Å². The van der Waals surface area contributed by atoms with Crippen molar-refractivity contribution in [3.8, 4) is 0 Å². The molecule has 0 unspecified atom stereocenters. The fraction of sp³-hybridized carbons (Fsp3) is 0.276. The molecule has 2 amide bonds. The third-order valence-electron chi connectivity index (χ3n) is 6.54. The Morgan fingerprint density at radius 2 is 1.74 bits per heavy atom. The molecule has 9 heteroatoms. The zero-order chi connectivity index (χ0) is 27.4. The van der Waals surface area contributed by atoms with Crippen LogP contribution in [0.2, 0.25) is 0 Å². The topological polar surface area (TPSA) is 97.2 Å². The number of halogens is 1. The first-order valence-corrected chi connectivity index (χ1v) is 12.4. The largest absolute Gasteiger partial charge is 0.349 e. The van der Waals surface area contributed by atoms with E-state index >= 15 is 0 Å². The molecule has 0 bridgehead atoms. The van der Waals surface area contributed by atoms with Crippen LogP contribution >= 0.6 is 0 Å². The number of ketones is 1. The molecule has 0 aliphatic carbocycles. The van der Waals surface area contributed by atoms with Gasteiger partial charge in [0.15, 0.2) is 5.78 Å². The van der Waals surface area contributed by atoms with E-state index in [-0.39, 0.29) is 12.3 Å². The Kier molecular flexibility index (Phi) is 7.66. The highest BCUT2D eigenvalue weighted by Crippen LogP contribution is 2.30. The van der Waals surface area contributed by atoms with E-state index in [0.29, 0.717) is 34.3 Å². The van der Waals surface area contributed by atoms with Gasteiger partial charge in [0.1, 0.15) is 23.9 Å². The summed E-state index contributed by atoms with van der Waals surface area (Å²) in [6.45, 7) is 6.93. The Bertz CT molecular complexity index is 1480. The van der Waals surface area contributed by atoms with Crippen molar-refractivity contribution in [1.82, 2.24) is 20.3 Å². The van der Waals surface area contributed by atoms with Gasteiger partial charge in [-0.05, 0) is 69.2 Å². The molecule has 0 fully saturated rings. The minimum atomic E-state index is -1.15. The molecule has 4 rings (SSSR count). The van der Waals surface area contributed by atoms with Crippen molar-refractivity contribution in [1.29, 1.82) is 0 Å². The van der Waals surface area contributed by atoms with Gasteiger partial charge >= 0.3 is 0 Å². The van der Waals surface area contributed by atoms with Crippen molar-refractivity contribution in [3.05, 3.63) is 89.7 Å². The second kappa shape index (κ2) is 10.9. The second-order valence-corrected chi connectivity index (χ2v) is 9.79. The summed E-state index contributed by atoms with van der Waals surface area (Å²) in [6.07, 6.45) is 0.646. The summed E-state index contributed by atoms with van der Waals surface area (Å²) < 4.78 is 15.3. The number of amides is 2. The molecule has 0 spiro atoms. The van der Waals surface area contributed by atoms with E-state index in [9.17, 15) is 18.8 Å². The maximum Gasteiger partial charge on any atom is 0.249 e. The highest BCUT2D eigenvalue weighted by Gasteiger charge is 2.35. The summed E-state index contributed by atoms with van der Waals surface area (Å²) in [5.74, 6) is -1.54. The molecule has 1 aromatic heterocycles. The van der Waals surface area contributed by atoms with Gasteiger partial charge in [0, 0.05) is 16.8 Å². The summed E-state index contributed by atoms with van der Waals surface area (Å²) in [6, 6.07) is 18.1. The number of rotatable bonds is 9. The molecular weight excluding hydrogens is 485 g/mol. The number of nitrogens with one attached hydrogen (secondary N) is 1. The van der Waals surface area contributed by atoms with Gasteiger partial charge < -0.3 is 5.32 Å². The van der Waals surface area contributed by atoms with Crippen LogP contribution in [0.15, 0.2) is 72.8 Å². The molecule has 1 atom stereocenters. The van der Waals surface area contributed by atoms with Crippen molar-refractivity contribution >= 4 is 34.3 Å². The second-order valence-electron chi connectivity index (χ2n) is 9.79. The van der Waals surface area contributed by atoms with Crippen molar-refractivity contribution in [3.63, 3.8) is 0 Å². The smallest absolute Gasteiger partial charge is 0.249 e. The molecule has 0 aliphatic rings. The third kappa shape index (κ3) is 5.77. The Balaban J connectivity index is 1.86. The van der Waals surface area contributed by atoms with E-state index in [1.165, 1.54) is 40.8 Å². The van der Waals surface area contributed by atoms with Gasteiger partial charge in [-0.3, -0.25) is 19.3 Å². The predicted molar refractivity (Wildman–Crippen MR) is 143 cm³/mol. The number of benzene rings is 3. The lowest BCUT2D eigenvalue weighted by molar-refractivity contribution is -0.128. The number of carbonyl (C=O) groups excluding carboxylic acids is 3. The molecule has 0 aliphatic heterocycles. The lowest BCUT2D eigenvalue weighted by Crippen LogP contribution is -2.51. The van der Waals surface area contributed by atoms with Crippen LogP contribution < -0.4 is 10.2 Å². The minimum Gasteiger partial charge on any atom is -0.349 e. The van der Waals surface area contributed by atoms with E-state index < -0.39 is 29.2 Å². The fourth-order valence-corrected chi connectivity index (χ4v) is 4.10. The number of para-hydroxylation sites is 1. The van der Waals surface area contributed by atoms with Gasteiger partial charge in [-0.25, -0.2) is 9.07 Å². The summed E-state index contributed by atoms with van der Waals surface area (Å²) >= 11 is 0. The standard InChI is InChI=1S/C29H30FN5O3/c1-5-29(3,4)31-28(38)27(20-13-15-22(30)16-14-20)35(23-10-8-9-21(17-23)19(2)36)26(37)18-34-25-12-7-6-11-24(25)32-33-34/h6-17,27H,5,18H2,1-4H3,(H,31,38)/t27-/m1/s1. The van der Waals surface area contributed by atoms with Crippen LogP contribution in [0.3, 0.4) is 0 Å². The van der Waals surface area contributed by atoms with E-state index in [1.54, 1.807) is 36.4 Å². The number of nitrogens with zero attached hydrogens (tertiary/aromatic N) is 4. The molecule has 196 valence electrons. The molecule has 4 aromatic rings. The van der Waals surface area contributed by atoms with E-state index in [0.717, 1.165) is 0 Å². The Morgan fingerprint density at radius 1 is 1.03 bits per heavy atom. The predicted octanol–water partition coefficient (Wildman–Crippen LogP) is 4.85. The highest BCUT2D eigenvalue weighted by atomic mass is 19.1. The number of carbonyl (C=O) groups is 3. The monoisotopic (exact) mass is 515 g/mol. The number of hydrogen-bond acceptors (Lipinski definition) is 5. The summed E-state index contributed by atoms with van der Waals surface area (Å²) in [5, 5.41) is 11.3. The number of fused-ring (bicyclic) bond motifs is 1. The quantitative estimate of drug-likeness (QED) is 0.321. The van der Waals surface area contributed by atoms with Crippen LogP contribution in [0.4, 0.5) is 10.1 Å². The van der Waals surface area contributed by atoms with Gasteiger partial charge in [-0.15, -0.1) is 5.10 Å². The van der Waals surface area contributed by atoms with E-state index in [1.807, 2.05) is 32.9 Å². The average molecular weight is 516 g/mol. The Morgan fingerprint density at radius 3 is 2.42 bits per heavy atom. The van der Waals surface area contributed by atoms with Crippen molar-refractivity contribution < 1.29 is 18.8 Å². The first kappa shape index (κ1) is 26.7. The van der Waals surface area contributed by atoms with E-state index in [2.05, 4.69) is 15.6 Å². The molecular formula is C29H30FN5O3. The van der Waals surface area contributed by atoms with Crippen LogP contribution in [-0.4, -0.2) is 38.1 Å². The number of Topliss-reactive ketones (excluding diaryl/α,β-unsaturated/α-hetero) is 1. The third-order valence-corrected chi connectivity index (χ3v) is 6.54. The Labute approximate surface area is 220 Å². The van der Waals surface area contributed by atoms with Gasteiger partial charge in [-0.2, -0.15) is 0 Å². The van der Waals surface area contributed by atoms with Crippen molar-refractivity contribution in [2.45, 2.75) is 52.2 Å². The average Bonchev–Trinajstić information content (AvgIpc) is 3.30. The molecule has 1 N–H and O–H groups in total. The van der Waals surface area contributed by atoms with Gasteiger partial charge in [0.2, 0.25) is 11.8 Å².